The van der Waals surface area contributed by atoms with Gasteiger partial charge < -0.3 is 25.4 Å². The number of methoxy groups -OCH3 is 1. The number of hydrogen-bond donors (Lipinski definition) is 2. The maximum atomic E-state index is 13.2. The molecule has 3 rings (SSSR count). The lowest BCUT2D eigenvalue weighted by Gasteiger charge is -2.38. The summed E-state index contributed by atoms with van der Waals surface area (Å²) in [4.78, 5) is 40.1. The van der Waals surface area contributed by atoms with Crippen molar-refractivity contribution in [2.45, 2.75) is 44.1 Å². The van der Waals surface area contributed by atoms with E-state index in [9.17, 15) is 18.8 Å². The highest BCUT2D eigenvalue weighted by Crippen LogP contribution is 2.23. The molecular formula is C23H28FN3O5S. The molecule has 8 nitrogen and oxygen atoms in total. The second-order valence-corrected chi connectivity index (χ2v) is 8.90. The van der Waals surface area contributed by atoms with Crippen molar-refractivity contribution in [1.29, 1.82) is 0 Å². The Bertz CT molecular complexity index is 938. The molecule has 0 bridgehead atoms. The number of rotatable bonds is 10. The average Bonchev–Trinajstić information content (AvgIpc) is 3.31. The van der Waals surface area contributed by atoms with Gasteiger partial charge >= 0.3 is 0 Å². The summed E-state index contributed by atoms with van der Waals surface area (Å²) in [7, 11) is 1.41. The van der Waals surface area contributed by atoms with Crippen molar-refractivity contribution in [3.8, 4) is 0 Å². The number of amides is 3. The van der Waals surface area contributed by atoms with E-state index in [0.717, 1.165) is 10.4 Å². The van der Waals surface area contributed by atoms with Crippen LogP contribution in [0, 0.1) is 5.82 Å². The summed E-state index contributed by atoms with van der Waals surface area (Å²) >= 11 is 1.47. The topological polar surface area (TPSA) is 111 Å². The van der Waals surface area contributed by atoms with Crippen LogP contribution in [0.5, 0.6) is 0 Å². The van der Waals surface area contributed by atoms with Crippen LogP contribution in [0.2, 0.25) is 0 Å². The largest absolute Gasteiger partial charge is 0.375 e. The van der Waals surface area contributed by atoms with Gasteiger partial charge in [-0.05, 0) is 35.6 Å². The molecule has 1 aromatic heterocycles. The lowest BCUT2D eigenvalue weighted by Crippen LogP contribution is -2.58. The minimum absolute atomic E-state index is 0.153. The van der Waals surface area contributed by atoms with E-state index in [-0.39, 0.29) is 43.9 Å². The molecule has 0 spiro atoms. The quantitative estimate of drug-likeness (QED) is 0.540. The zero-order valence-electron chi connectivity index (χ0n) is 18.4. The van der Waals surface area contributed by atoms with Crippen molar-refractivity contribution in [2.75, 3.05) is 20.3 Å². The summed E-state index contributed by atoms with van der Waals surface area (Å²) in [6.07, 6.45) is 0.783. The number of hydrogen-bond acceptors (Lipinski definition) is 6. The Hall–Kier alpha value is -2.82. The van der Waals surface area contributed by atoms with Gasteiger partial charge in [0.05, 0.1) is 12.7 Å². The van der Waals surface area contributed by atoms with Gasteiger partial charge in [0.2, 0.25) is 17.7 Å². The number of ether oxygens (including phenoxy) is 2. The highest BCUT2D eigenvalue weighted by Gasteiger charge is 2.37. The van der Waals surface area contributed by atoms with E-state index < -0.39 is 23.9 Å². The van der Waals surface area contributed by atoms with Gasteiger partial charge in [0.25, 0.3) is 0 Å². The molecule has 1 aliphatic heterocycles. The third-order valence-electron chi connectivity index (χ3n) is 5.49. The minimum Gasteiger partial charge on any atom is -0.375 e. The van der Waals surface area contributed by atoms with Crippen LogP contribution in [0.3, 0.4) is 0 Å². The van der Waals surface area contributed by atoms with E-state index >= 15 is 0 Å². The Labute approximate surface area is 195 Å². The van der Waals surface area contributed by atoms with Crippen molar-refractivity contribution >= 4 is 29.1 Å². The molecule has 2 heterocycles. The number of carbonyl (C=O) groups is 3. The van der Waals surface area contributed by atoms with Crippen LogP contribution in [0.4, 0.5) is 4.39 Å². The van der Waals surface area contributed by atoms with Crippen molar-refractivity contribution in [3.05, 3.63) is 58.0 Å². The van der Waals surface area contributed by atoms with Crippen molar-refractivity contribution in [3.63, 3.8) is 0 Å². The Morgan fingerprint density at radius 2 is 2.03 bits per heavy atom. The summed E-state index contributed by atoms with van der Waals surface area (Å²) in [6.45, 7) is 0.410. The number of nitrogens with zero attached hydrogens (tertiary/aromatic N) is 1. The first-order chi connectivity index (χ1) is 15.9. The highest BCUT2D eigenvalue weighted by molar-refractivity contribution is 7.09. The molecule has 0 radical (unpaired) electrons. The summed E-state index contributed by atoms with van der Waals surface area (Å²) < 4.78 is 24.0. The predicted molar refractivity (Wildman–Crippen MR) is 121 cm³/mol. The van der Waals surface area contributed by atoms with Crippen molar-refractivity contribution in [1.82, 2.24) is 10.2 Å². The number of nitrogens with one attached hydrogen (secondary N) is 1. The molecule has 0 aliphatic carbocycles. The number of primary amides is 1. The van der Waals surface area contributed by atoms with E-state index in [1.807, 2.05) is 17.5 Å². The van der Waals surface area contributed by atoms with Gasteiger partial charge in [-0.3, -0.25) is 14.4 Å². The predicted octanol–water partition coefficient (Wildman–Crippen LogP) is 1.62. The van der Waals surface area contributed by atoms with E-state index in [1.54, 1.807) is 12.1 Å². The summed E-state index contributed by atoms with van der Waals surface area (Å²) in [5.41, 5.74) is 6.33. The second-order valence-electron chi connectivity index (χ2n) is 7.87. The normalized spacial score (nSPS) is 19.2. The number of carbonyl (C=O) groups excluding carboxylic acids is 3. The van der Waals surface area contributed by atoms with E-state index in [1.165, 1.54) is 35.5 Å². The first kappa shape index (κ1) is 24.8. The van der Waals surface area contributed by atoms with Gasteiger partial charge in [-0.2, -0.15) is 0 Å². The van der Waals surface area contributed by atoms with E-state index in [2.05, 4.69) is 5.32 Å². The number of likely N-dealkylation sites (tertiary alicyclic amines) is 1. The smallest absolute Gasteiger partial charge is 0.249 e. The lowest BCUT2D eigenvalue weighted by atomic mass is 9.97. The fraction of sp³-hybridized carbons (Fsp3) is 0.435. The Morgan fingerprint density at radius 1 is 1.27 bits per heavy atom. The Morgan fingerprint density at radius 3 is 2.67 bits per heavy atom. The molecule has 0 saturated carbocycles. The third kappa shape index (κ3) is 7.08. The van der Waals surface area contributed by atoms with E-state index in [0.29, 0.717) is 13.0 Å². The molecule has 0 unspecified atom stereocenters. The maximum Gasteiger partial charge on any atom is 0.249 e. The number of benzene rings is 1. The molecule has 1 saturated heterocycles. The molecule has 3 N–H and O–H groups in total. The molecule has 2 aromatic rings. The van der Waals surface area contributed by atoms with Crippen molar-refractivity contribution < 1.29 is 28.2 Å². The molecule has 10 heteroatoms. The molecular weight excluding hydrogens is 449 g/mol. The SMILES string of the molecule is COCC(=O)N1CC[C@@H](OCc2ccc(F)cc2)C[C@H]1C(=O)N[C@@H](Cc1cccs1)C(N)=O. The van der Waals surface area contributed by atoms with Crippen LogP contribution in [0.15, 0.2) is 41.8 Å². The van der Waals surface area contributed by atoms with Crippen LogP contribution < -0.4 is 11.1 Å². The highest BCUT2D eigenvalue weighted by atomic mass is 32.1. The van der Waals surface area contributed by atoms with Gasteiger partial charge in [-0.1, -0.05) is 18.2 Å². The Kier molecular flexibility index (Phi) is 8.93. The first-order valence-corrected chi connectivity index (χ1v) is 11.5. The summed E-state index contributed by atoms with van der Waals surface area (Å²) in [6, 6.07) is 7.99. The average molecular weight is 478 g/mol. The number of piperidine rings is 1. The molecule has 3 amide bonds. The zero-order valence-corrected chi connectivity index (χ0v) is 19.2. The second kappa shape index (κ2) is 11.9. The molecule has 178 valence electrons. The van der Waals surface area contributed by atoms with Gasteiger partial charge in [-0.15, -0.1) is 11.3 Å². The molecule has 1 aromatic carbocycles. The molecule has 1 aliphatic rings. The van der Waals surface area contributed by atoms with Crippen LogP contribution in [-0.2, 0) is 36.9 Å². The van der Waals surface area contributed by atoms with Crippen LogP contribution in [0.1, 0.15) is 23.3 Å². The zero-order chi connectivity index (χ0) is 23.8. The molecule has 3 atom stereocenters. The summed E-state index contributed by atoms with van der Waals surface area (Å²) in [5, 5.41) is 4.59. The maximum absolute atomic E-state index is 13.2. The fourth-order valence-electron chi connectivity index (χ4n) is 3.75. The monoisotopic (exact) mass is 477 g/mol. The Balaban J connectivity index is 1.68. The lowest BCUT2D eigenvalue weighted by molar-refractivity contribution is -0.149. The standard InChI is InChI=1S/C23H28FN3O5S/c1-31-14-21(28)27-9-8-17(32-13-15-4-6-16(24)7-5-15)11-20(27)23(30)26-19(22(25)29)12-18-3-2-10-33-18/h2-7,10,17,19-20H,8-9,11-14H2,1H3,(H2,25,29)(H,26,30)/t17-,19+,20+/m1/s1. The third-order valence-corrected chi connectivity index (χ3v) is 6.39. The van der Waals surface area contributed by atoms with Crippen LogP contribution in [0.25, 0.3) is 0 Å². The van der Waals surface area contributed by atoms with Crippen LogP contribution in [-0.4, -0.2) is 61.1 Å². The number of halogens is 1. The fourth-order valence-corrected chi connectivity index (χ4v) is 4.51. The van der Waals surface area contributed by atoms with E-state index in [4.69, 9.17) is 15.2 Å². The minimum atomic E-state index is -0.893. The van der Waals surface area contributed by atoms with Gasteiger partial charge in [-0.25, -0.2) is 4.39 Å². The van der Waals surface area contributed by atoms with Crippen LogP contribution >= 0.6 is 11.3 Å². The molecule has 33 heavy (non-hydrogen) atoms. The van der Waals surface area contributed by atoms with Gasteiger partial charge in [0.1, 0.15) is 24.5 Å². The van der Waals surface area contributed by atoms with Crippen molar-refractivity contribution in [2.24, 2.45) is 5.73 Å². The van der Waals surface area contributed by atoms with Gasteiger partial charge in [0, 0.05) is 31.4 Å². The number of nitrogens with two attached hydrogens (primary N) is 1. The number of thiophene rings is 1. The summed E-state index contributed by atoms with van der Waals surface area (Å²) in [5.74, 6) is -1.75. The van der Waals surface area contributed by atoms with Gasteiger partial charge in [0.15, 0.2) is 0 Å². The first-order valence-electron chi connectivity index (χ1n) is 10.6. The molecule has 1 fully saturated rings.